The molecule has 0 aliphatic carbocycles. The number of Topliss-reactive ketones (excluding diaryl/α,β-unsaturated/α-hetero) is 1. The van der Waals surface area contributed by atoms with Crippen LogP contribution in [0.2, 0.25) is 5.02 Å². The summed E-state index contributed by atoms with van der Waals surface area (Å²) in [5.74, 6) is -1.27. The summed E-state index contributed by atoms with van der Waals surface area (Å²) < 4.78 is 18.6. The minimum atomic E-state index is -0.599. The molecule has 1 N–H and O–H groups in total. The zero-order valence-corrected chi connectivity index (χ0v) is 19.2. The van der Waals surface area contributed by atoms with Gasteiger partial charge in [-0.15, -0.1) is 0 Å². The summed E-state index contributed by atoms with van der Waals surface area (Å²) in [6.45, 7) is 0.294. The molecule has 8 heteroatoms. The number of halogens is 2. The first-order valence-electron chi connectivity index (χ1n) is 10.3. The maximum Gasteiger partial charge on any atom is 0.262 e. The number of nitrogens with one attached hydrogen (secondary N) is 1. The first-order chi connectivity index (χ1) is 16.3. The Kier molecular flexibility index (Phi) is 6.47. The zero-order valence-electron chi connectivity index (χ0n) is 18.4. The molecule has 3 aromatic rings. The van der Waals surface area contributed by atoms with Crippen molar-refractivity contribution in [2.75, 3.05) is 19.1 Å². The van der Waals surface area contributed by atoms with Crippen molar-refractivity contribution in [1.29, 1.82) is 0 Å². The highest BCUT2D eigenvalue weighted by atomic mass is 35.5. The largest absolute Gasteiger partial charge is 0.497 e. The van der Waals surface area contributed by atoms with Gasteiger partial charge in [-0.2, -0.15) is 0 Å². The van der Waals surface area contributed by atoms with Crippen LogP contribution in [0.1, 0.15) is 31.8 Å². The second-order valence-corrected chi connectivity index (χ2v) is 8.09. The predicted octanol–water partition coefficient (Wildman–Crippen LogP) is 4.66. The summed E-state index contributed by atoms with van der Waals surface area (Å²) >= 11 is 5.82. The van der Waals surface area contributed by atoms with E-state index in [1.54, 1.807) is 38.4 Å². The van der Waals surface area contributed by atoms with Crippen molar-refractivity contribution in [3.63, 3.8) is 0 Å². The van der Waals surface area contributed by atoms with Crippen LogP contribution in [0.3, 0.4) is 0 Å². The molecule has 0 radical (unpaired) electrons. The Hall–Kier alpha value is -3.97. The number of carbonyl (C=O) groups excluding carboxylic acids is 3. The molecule has 1 aliphatic rings. The van der Waals surface area contributed by atoms with Crippen LogP contribution in [0.15, 0.2) is 66.2 Å². The van der Waals surface area contributed by atoms with Gasteiger partial charge in [-0.25, -0.2) is 4.39 Å². The fourth-order valence-electron chi connectivity index (χ4n) is 3.61. The summed E-state index contributed by atoms with van der Waals surface area (Å²) in [5, 5.41) is 2.70. The van der Waals surface area contributed by atoms with Crippen LogP contribution >= 0.6 is 11.6 Å². The summed E-state index contributed by atoms with van der Waals surface area (Å²) in [4.78, 5) is 40.1. The molecule has 0 aromatic heterocycles. The van der Waals surface area contributed by atoms with Crippen molar-refractivity contribution in [3.05, 3.63) is 99.3 Å². The summed E-state index contributed by atoms with van der Waals surface area (Å²) in [6, 6.07) is 15.8. The Bertz CT molecular complexity index is 1340. The Morgan fingerprint density at radius 1 is 1.09 bits per heavy atom. The van der Waals surface area contributed by atoms with E-state index in [9.17, 15) is 18.8 Å². The monoisotopic (exact) mass is 478 g/mol. The lowest BCUT2D eigenvalue weighted by atomic mass is 9.92. The molecule has 0 bridgehead atoms. The number of hydrogen-bond acceptors (Lipinski definition) is 4. The van der Waals surface area contributed by atoms with Crippen LogP contribution in [0.25, 0.3) is 6.08 Å². The first kappa shape index (κ1) is 23.2. The van der Waals surface area contributed by atoms with Gasteiger partial charge in [0.2, 0.25) is 5.78 Å². The molecule has 0 saturated carbocycles. The van der Waals surface area contributed by atoms with E-state index in [2.05, 4.69) is 5.32 Å². The molecule has 0 atom stereocenters. The topological polar surface area (TPSA) is 75.7 Å². The normalized spacial score (nSPS) is 14.2. The van der Waals surface area contributed by atoms with Gasteiger partial charge in [0, 0.05) is 24.7 Å². The fourth-order valence-corrected chi connectivity index (χ4v) is 3.80. The number of ether oxygens (including phenoxy) is 1. The van der Waals surface area contributed by atoms with E-state index in [1.807, 2.05) is 12.1 Å². The van der Waals surface area contributed by atoms with Gasteiger partial charge in [-0.05, 0) is 59.7 Å². The molecule has 34 heavy (non-hydrogen) atoms. The molecule has 4 rings (SSSR count). The van der Waals surface area contributed by atoms with Crippen molar-refractivity contribution >= 4 is 41.0 Å². The number of nitrogens with zero attached hydrogens (tertiary/aromatic N) is 1. The molecular weight excluding hydrogens is 459 g/mol. The highest BCUT2D eigenvalue weighted by Gasteiger charge is 2.33. The van der Waals surface area contributed by atoms with Gasteiger partial charge in [0.15, 0.2) is 0 Å². The quantitative estimate of drug-likeness (QED) is 0.427. The number of rotatable bonds is 5. The second kappa shape index (κ2) is 9.49. The number of ketones is 1. The van der Waals surface area contributed by atoms with E-state index in [1.165, 1.54) is 29.2 Å². The number of amides is 2. The van der Waals surface area contributed by atoms with E-state index in [0.29, 0.717) is 23.5 Å². The third-order valence-corrected chi connectivity index (χ3v) is 5.80. The third kappa shape index (κ3) is 4.56. The summed E-state index contributed by atoms with van der Waals surface area (Å²) in [5.41, 5.74) is 2.10. The fraction of sp³-hybridized carbons (Fsp3) is 0.115. The van der Waals surface area contributed by atoms with Gasteiger partial charge in [-0.1, -0.05) is 29.8 Å². The zero-order chi connectivity index (χ0) is 24.4. The molecule has 2 amide bonds. The lowest BCUT2D eigenvalue weighted by Gasteiger charge is -2.27. The molecule has 0 unspecified atom stereocenters. The van der Waals surface area contributed by atoms with Crippen LogP contribution in [0.4, 0.5) is 10.1 Å². The first-order valence-corrected chi connectivity index (χ1v) is 10.7. The van der Waals surface area contributed by atoms with Crippen LogP contribution in [-0.2, 0) is 11.3 Å². The maximum atomic E-state index is 13.5. The number of likely N-dealkylation sites (N-methyl/N-ethyl adjacent to an activating group) is 1. The lowest BCUT2D eigenvalue weighted by Crippen LogP contribution is -2.37. The SMILES string of the molecule is COc1ccc(CNC(=O)c2ccc3c(c2)C(=O)/C(=C\c2ccc(F)c(Cl)c2)C(=O)N3C)cc1. The number of carbonyl (C=O) groups is 3. The molecule has 172 valence electrons. The number of fused-ring (bicyclic) bond motifs is 1. The Balaban J connectivity index is 1.59. The van der Waals surface area contributed by atoms with E-state index in [-0.39, 0.29) is 27.6 Å². The standard InChI is InChI=1S/C26H20ClFN2O4/c1-30-23-10-6-17(25(32)29-14-15-3-7-18(34-2)8-4-15)13-19(23)24(31)20(26(30)33)11-16-5-9-22(28)21(27)12-16/h3-13H,14H2,1-2H3,(H,29,32)/b20-11+. The van der Waals surface area contributed by atoms with Gasteiger partial charge in [-0.3, -0.25) is 14.4 Å². The highest BCUT2D eigenvalue weighted by Crippen LogP contribution is 2.31. The molecular formula is C26H20ClFN2O4. The van der Waals surface area contributed by atoms with Crippen molar-refractivity contribution in [3.8, 4) is 5.75 Å². The van der Waals surface area contributed by atoms with E-state index in [0.717, 1.165) is 11.6 Å². The molecule has 1 heterocycles. The van der Waals surface area contributed by atoms with Crippen LogP contribution in [-0.4, -0.2) is 31.8 Å². The number of methoxy groups -OCH3 is 1. The maximum absolute atomic E-state index is 13.5. The van der Waals surface area contributed by atoms with E-state index < -0.39 is 17.5 Å². The number of hydrogen-bond donors (Lipinski definition) is 1. The molecule has 3 aromatic carbocycles. The second-order valence-electron chi connectivity index (χ2n) is 7.69. The van der Waals surface area contributed by atoms with Crippen molar-refractivity contribution in [2.45, 2.75) is 6.54 Å². The minimum absolute atomic E-state index is 0.103. The van der Waals surface area contributed by atoms with E-state index in [4.69, 9.17) is 16.3 Å². The van der Waals surface area contributed by atoms with Gasteiger partial charge >= 0.3 is 0 Å². The summed E-state index contributed by atoms with van der Waals surface area (Å²) in [7, 11) is 3.12. The average Bonchev–Trinajstić information content (AvgIpc) is 2.85. The highest BCUT2D eigenvalue weighted by molar-refractivity contribution is 6.37. The molecule has 1 aliphatic heterocycles. The Morgan fingerprint density at radius 3 is 2.50 bits per heavy atom. The molecule has 0 spiro atoms. The number of anilines is 1. The van der Waals surface area contributed by atoms with Crippen LogP contribution in [0.5, 0.6) is 5.75 Å². The molecule has 0 saturated heterocycles. The van der Waals surface area contributed by atoms with Gasteiger partial charge in [0.1, 0.15) is 11.6 Å². The van der Waals surface area contributed by atoms with Crippen LogP contribution in [0, 0.1) is 5.82 Å². The minimum Gasteiger partial charge on any atom is -0.497 e. The van der Waals surface area contributed by atoms with Crippen LogP contribution < -0.4 is 15.0 Å². The van der Waals surface area contributed by atoms with Gasteiger partial charge < -0.3 is 15.0 Å². The smallest absolute Gasteiger partial charge is 0.262 e. The third-order valence-electron chi connectivity index (χ3n) is 5.51. The van der Waals surface area contributed by atoms with Crippen molar-refractivity contribution in [1.82, 2.24) is 5.32 Å². The summed E-state index contributed by atoms with van der Waals surface area (Å²) in [6.07, 6.45) is 1.37. The molecule has 0 fully saturated rings. The lowest BCUT2D eigenvalue weighted by molar-refractivity contribution is -0.114. The molecule has 6 nitrogen and oxygen atoms in total. The number of benzene rings is 3. The van der Waals surface area contributed by atoms with Crippen molar-refractivity contribution in [2.24, 2.45) is 0 Å². The average molecular weight is 479 g/mol. The van der Waals surface area contributed by atoms with Gasteiger partial charge in [0.05, 0.1) is 23.4 Å². The Morgan fingerprint density at radius 2 is 1.82 bits per heavy atom. The Labute approximate surface area is 200 Å². The predicted molar refractivity (Wildman–Crippen MR) is 128 cm³/mol. The van der Waals surface area contributed by atoms with Gasteiger partial charge in [0.25, 0.3) is 11.8 Å². The van der Waals surface area contributed by atoms with Crippen molar-refractivity contribution < 1.29 is 23.5 Å². The van der Waals surface area contributed by atoms with E-state index >= 15 is 0 Å².